The van der Waals surface area contributed by atoms with Gasteiger partial charge in [-0.05, 0) is 31.9 Å². The first-order valence-corrected chi connectivity index (χ1v) is 10.2. The number of rotatable bonds is 7. The van der Waals surface area contributed by atoms with Gasteiger partial charge < -0.3 is 19.7 Å². The lowest BCUT2D eigenvalue weighted by Gasteiger charge is -2.31. The van der Waals surface area contributed by atoms with Gasteiger partial charge >= 0.3 is 0 Å². The minimum Gasteiger partial charge on any atom is -0.497 e. The summed E-state index contributed by atoms with van der Waals surface area (Å²) >= 11 is 0. The average molecular weight is 425 g/mol. The SMILES string of the molecule is COc1cc(OC)cc(C(=O)N2CCC(C(=O)Nc3cc(C)nn3CCC#N)CC2)c1. The third kappa shape index (κ3) is 5.34. The van der Waals surface area contributed by atoms with Gasteiger partial charge in [0.15, 0.2) is 0 Å². The number of carbonyl (C=O) groups is 2. The Balaban J connectivity index is 1.60. The van der Waals surface area contributed by atoms with Crippen LogP contribution in [0.5, 0.6) is 11.5 Å². The van der Waals surface area contributed by atoms with Crippen molar-refractivity contribution >= 4 is 17.6 Å². The zero-order chi connectivity index (χ0) is 22.4. The third-order valence-electron chi connectivity index (χ3n) is 5.34. The molecule has 0 atom stereocenters. The van der Waals surface area contributed by atoms with E-state index in [0.717, 1.165) is 5.69 Å². The van der Waals surface area contributed by atoms with Crippen molar-refractivity contribution in [1.82, 2.24) is 14.7 Å². The summed E-state index contributed by atoms with van der Waals surface area (Å²) in [4.78, 5) is 27.4. The molecule has 1 aromatic carbocycles. The fourth-order valence-electron chi connectivity index (χ4n) is 3.66. The molecular formula is C22H27N5O4. The quantitative estimate of drug-likeness (QED) is 0.730. The van der Waals surface area contributed by atoms with Gasteiger partial charge in [-0.1, -0.05) is 0 Å². The summed E-state index contributed by atoms with van der Waals surface area (Å²) < 4.78 is 12.1. The second kappa shape index (κ2) is 9.98. The molecule has 1 aliphatic heterocycles. The lowest BCUT2D eigenvalue weighted by Crippen LogP contribution is -2.41. The zero-order valence-electron chi connectivity index (χ0n) is 18.1. The van der Waals surface area contributed by atoms with Crippen LogP contribution in [0.3, 0.4) is 0 Å². The summed E-state index contributed by atoms with van der Waals surface area (Å²) in [5, 5.41) is 16.0. The molecule has 1 fully saturated rings. The molecule has 1 saturated heterocycles. The molecule has 0 aliphatic carbocycles. The molecule has 1 N–H and O–H groups in total. The van der Waals surface area contributed by atoms with Crippen molar-refractivity contribution in [3.8, 4) is 17.6 Å². The predicted molar refractivity (Wildman–Crippen MR) is 114 cm³/mol. The number of aryl methyl sites for hydroxylation is 2. The molecule has 1 aromatic heterocycles. The highest BCUT2D eigenvalue weighted by Gasteiger charge is 2.29. The molecule has 2 amide bonds. The van der Waals surface area contributed by atoms with Crippen molar-refractivity contribution in [3.63, 3.8) is 0 Å². The van der Waals surface area contributed by atoms with Crippen LogP contribution in [-0.2, 0) is 11.3 Å². The number of nitriles is 1. The number of hydrogen-bond acceptors (Lipinski definition) is 6. The molecule has 3 rings (SSSR count). The van der Waals surface area contributed by atoms with E-state index >= 15 is 0 Å². The monoisotopic (exact) mass is 425 g/mol. The molecule has 9 heteroatoms. The van der Waals surface area contributed by atoms with Gasteiger partial charge in [-0.2, -0.15) is 10.4 Å². The number of hydrogen-bond donors (Lipinski definition) is 1. The third-order valence-corrected chi connectivity index (χ3v) is 5.34. The standard InChI is InChI=1S/C22H27N5O4/c1-15-11-20(27(25-15)8-4-7-23)24-21(28)16-5-9-26(10-6-16)22(29)17-12-18(30-2)14-19(13-17)31-3/h11-14,16H,4-6,8-10H2,1-3H3,(H,24,28). The van der Waals surface area contributed by atoms with Crippen LogP contribution in [0.25, 0.3) is 0 Å². The Morgan fingerprint density at radius 3 is 2.39 bits per heavy atom. The topological polar surface area (TPSA) is 109 Å². The van der Waals surface area contributed by atoms with Crippen LogP contribution in [-0.4, -0.2) is 53.8 Å². The minimum atomic E-state index is -0.191. The Morgan fingerprint density at radius 2 is 1.81 bits per heavy atom. The second-order valence-electron chi connectivity index (χ2n) is 7.46. The number of likely N-dealkylation sites (tertiary alicyclic amines) is 1. The number of aromatic nitrogens is 2. The molecule has 164 valence electrons. The summed E-state index contributed by atoms with van der Waals surface area (Å²) in [5.74, 6) is 1.32. The molecule has 9 nitrogen and oxygen atoms in total. The van der Waals surface area contributed by atoms with Gasteiger partial charge in [0.2, 0.25) is 5.91 Å². The van der Waals surface area contributed by atoms with Crippen LogP contribution in [0.1, 0.15) is 35.3 Å². The molecule has 1 aliphatic rings. The van der Waals surface area contributed by atoms with E-state index in [-0.39, 0.29) is 17.7 Å². The van der Waals surface area contributed by atoms with Gasteiger partial charge in [0, 0.05) is 36.7 Å². The number of methoxy groups -OCH3 is 2. The number of nitrogens with one attached hydrogen (secondary N) is 1. The Bertz CT molecular complexity index is 964. The van der Waals surface area contributed by atoms with Gasteiger partial charge in [-0.3, -0.25) is 9.59 Å². The van der Waals surface area contributed by atoms with Gasteiger partial charge in [0.1, 0.15) is 17.3 Å². The maximum absolute atomic E-state index is 12.9. The van der Waals surface area contributed by atoms with Gasteiger partial charge in [-0.25, -0.2) is 4.68 Å². The molecular weight excluding hydrogens is 398 g/mol. The van der Waals surface area contributed by atoms with E-state index in [9.17, 15) is 9.59 Å². The Kier molecular flexibility index (Phi) is 7.13. The van der Waals surface area contributed by atoms with Crippen LogP contribution >= 0.6 is 0 Å². The molecule has 2 aromatic rings. The smallest absolute Gasteiger partial charge is 0.254 e. The summed E-state index contributed by atoms with van der Waals surface area (Å²) in [6.45, 7) is 3.25. The maximum Gasteiger partial charge on any atom is 0.254 e. The molecule has 0 saturated carbocycles. The number of nitrogens with zero attached hydrogens (tertiary/aromatic N) is 4. The summed E-state index contributed by atoms with van der Waals surface area (Å²) in [5.41, 5.74) is 1.28. The van der Waals surface area contributed by atoms with Crippen molar-refractivity contribution in [2.45, 2.75) is 32.7 Å². The molecule has 0 unspecified atom stereocenters. The van der Waals surface area contributed by atoms with Crippen LogP contribution in [0.4, 0.5) is 5.82 Å². The molecule has 0 bridgehead atoms. The van der Waals surface area contributed by atoms with E-state index in [1.54, 1.807) is 48.1 Å². The fourth-order valence-corrected chi connectivity index (χ4v) is 3.66. The number of benzene rings is 1. The van der Waals surface area contributed by atoms with E-state index in [4.69, 9.17) is 14.7 Å². The van der Waals surface area contributed by atoms with E-state index in [2.05, 4.69) is 16.5 Å². The van der Waals surface area contributed by atoms with Crippen LogP contribution < -0.4 is 14.8 Å². The molecule has 2 heterocycles. The van der Waals surface area contributed by atoms with Crippen molar-refractivity contribution in [1.29, 1.82) is 5.26 Å². The van der Waals surface area contributed by atoms with E-state index < -0.39 is 0 Å². The van der Waals surface area contributed by atoms with Crippen molar-refractivity contribution in [2.24, 2.45) is 5.92 Å². The predicted octanol–water partition coefficient (Wildman–Crippen LogP) is 2.61. The molecule has 31 heavy (non-hydrogen) atoms. The number of piperidine rings is 1. The van der Waals surface area contributed by atoms with Crippen LogP contribution in [0.2, 0.25) is 0 Å². The minimum absolute atomic E-state index is 0.0896. The largest absolute Gasteiger partial charge is 0.497 e. The summed E-state index contributed by atoms with van der Waals surface area (Å²) in [6.07, 6.45) is 1.47. The van der Waals surface area contributed by atoms with E-state index in [0.29, 0.717) is 61.8 Å². The van der Waals surface area contributed by atoms with Crippen LogP contribution in [0.15, 0.2) is 24.3 Å². The zero-order valence-corrected chi connectivity index (χ0v) is 18.1. The Hall–Kier alpha value is -3.54. The van der Waals surface area contributed by atoms with Crippen molar-refractivity contribution in [2.75, 3.05) is 32.6 Å². The number of carbonyl (C=O) groups excluding carboxylic acids is 2. The fraction of sp³-hybridized carbons (Fsp3) is 0.455. The lowest BCUT2D eigenvalue weighted by atomic mass is 9.95. The van der Waals surface area contributed by atoms with Crippen LogP contribution in [0, 0.1) is 24.2 Å². The molecule has 0 radical (unpaired) electrons. The number of anilines is 1. The highest BCUT2D eigenvalue weighted by atomic mass is 16.5. The normalized spacial score (nSPS) is 14.1. The van der Waals surface area contributed by atoms with Crippen molar-refractivity contribution < 1.29 is 19.1 Å². The number of ether oxygens (including phenoxy) is 2. The maximum atomic E-state index is 12.9. The highest BCUT2D eigenvalue weighted by Crippen LogP contribution is 2.26. The average Bonchev–Trinajstić information content (AvgIpc) is 3.15. The Morgan fingerprint density at radius 1 is 1.16 bits per heavy atom. The van der Waals surface area contributed by atoms with E-state index in [1.165, 1.54) is 0 Å². The van der Waals surface area contributed by atoms with Gasteiger partial charge in [0.25, 0.3) is 5.91 Å². The van der Waals surface area contributed by atoms with Gasteiger partial charge in [0.05, 0.1) is 38.9 Å². The number of amides is 2. The van der Waals surface area contributed by atoms with Crippen molar-refractivity contribution in [3.05, 3.63) is 35.5 Å². The first kappa shape index (κ1) is 22.2. The second-order valence-corrected chi connectivity index (χ2v) is 7.46. The Labute approximate surface area is 181 Å². The lowest BCUT2D eigenvalue weighted by molar-refractivity contribution is -0.121. The summed E-state index contributed by atoms with van der Waals surface area (Å²) in [6, 6.07) is 8.98. The first-order valence-electron chi connectivity index (χ1n) is 10.2. The van der Waals surface area contributed by atoms with E-state index in [1.807, 2.05) is 6.92 Å². The summed E-state index contributed by atoms with van der Waals surface area (Å²) in [7, 11) is 3.09. The highest BCUT2D eigenvalue weighted by molar-refractivity contribution is 5.96. The first-order chi connectivity index (χ1) is 14.9. The van der Waals surface area contributed by atoms with Gasteiger partial charge in [-0.15, -0.1) is 0 Å². The molecule has 0 spiro atoms.